The number of ether oxygens (including phenoxy) is 1. The maximum absolute atomic E-state index is 5.01. The highest BCUT2D eigenvalue weighted by atomic mass is 31.1. The van der Waals surface area contributed by atoms with E-state index in [1.54, 1.807) is 7.11 Å². The molecule has 3 heterocycles. The van der Waals surface area contributed by atoms with E-state index in [9.17, 15) is 0 Å². The zero-order chi connectivity index (χ0) is 12.7. The smallest absolute Gasteiger partial charge is 0.316 e. The van der Waals surface area contributed by atoms with Crippen LogP contribution in [0, 0.1) is 0 Å². The van der Waals surface area contributed by atoms with E-state index in [0.717, 1.165) is 5.56 Å². The predicted molar refractivity (Wildman–Crippen MR) is 74.0 cm³/mol. The molecule has 1 fully saturated rings. The lowest BCUT2D eigenvalue weighted by molar-refractivity contribution is 0.250. The normalized spacial score (nSPS) is 26.8. The van der Waals surface area contributed by atoms with Crippen molar-refractivity contribution in [3.8, 4) is 6.01 Å². The van der Waals surface area contributed by atoms with Gasteiger partial charge in [-0.3, -0.25) is 4.90 Å². The first kappa shape index (κ1) is 12.1. The molecule has 0 radical (unpaired) electrons. The molecule has 96 valence electrons. The van der Waals surface area contributed by atoms with Crippen LogP contribution in [-0.2, 0) is 0 Å². The fraction of sp³-hybridized carbons (Fsp3) is 0.538. The minimum atomic E-state index is 0.0623. The number of nitrogens with zero attached hydrogens (tertiary/aromatic N) is 3. The second kappa shape index (κ2) is 4.60. The van der Waals surface area contributed by atoms with Crippen molar-refractivity contribution < 1.29 is 4.74 Å². The van der Waals surface area contributed by atoms with Crippen molar-refractivity contribution in [2.75, 3.05) is 19.6 Å². The van der Waals surface area contributed by atoms with Gasteiger partial charge in [-0.2, -0.15) is 0 Å². The van der Waals surface area contributed by atoms with Crippen molar-refractivity contribution >= 4 is 13.5 Å². The molecule has 2 bridgehead atoms. The number of hydrogen-bond donors (Lipinski definition) is 0. The van der Waals surface area contributed by atoms with Crippen molar-refractivity contribution in [3.05, 3.63) is 23.8 Å². The molecule has 0 spiro atoms. The van der Waals surface area contributed by atoms with Gasteiger partial charge < -0.3 is 4.74 Å². The molecule has 3 rings (SSSR count). The molecule has 2 aliphatic rings. The molecule has 4 nitrogen and oxygen atoms in total. The first-order valence-electron chi connectivity index (χ1n) is 6.27. The van der Waals surface area contributed by atoms with Gasteiger partial charge in [0.05, 0.1) is 7.11 Å². The highest BCUT2D eigenvalue weighted by molar-refractivity contribution is 7.62. The first-order chi connectivity index (χ1) is 8.69. The van der Waals surface area contributed by atoms with Crippen LogP contribution in [0.15, 0.2) is 18.2 Å². The first-order valence-corrected chi connectivity index (χ1v) is 8.05. The molecule has 0 amide bonds. The number of fused-ring (bicyclic) bond motifs is 2. The van der Waals surface area contributed by atoms with Crippen molar-refractivity contribution in [1.82, 2.24) is 14.9 Å². The molecule has 2 aliphatic heterocycles. The van der Waals surface area contributed by atoms with Crippen molar-refractivity contribution in [2.24, 2.45) is 0 Å². The largest absolute Gasteiger partial charge is 0.467 e. The Kier molecular flexibility index (Phi) is 3.08. The lowest BCUT2D eigenvalue weighted by Crippen LogP contribution is -2.37. The summed E-state index contributed by atoms with van der Waals surface area (Å²) in [5.74, 6) is 2.46. The number of rotatable bonds is 3. The maximum atomic E-state index is 5.01. The van der Waals surface area contributed by atoms with Crippen LogP contribution in [-0.4, -0.2) is 46.5 Å². The van der Waals surface area contributed by atoms with Crippen LogP contribution >= 0.6 is 7.92 Å². The molecule has 1 saturated heterocycles. The van der Waals surface area contributed by atoms with E-state index in [4.69, 9.17) is 4.74 Å². The highest BCUT2D eigenvalue weighted by Crippen LogP contribution is 2.57. The van der Waals surface area contributed by atoms with Gasteiger partial charge >= 0.3 is 6.01 Å². The average Bonchev–Trinajstić information content (AvgIpc) is 2.98. The van der Waals surface area contributed by atoms with Gasteiger partial charge in [0.1, 0.15) is 0 Å². The standard InChI is InChI=1S/C13H18N3OP/c1-9(2)16-8-18-6-11(12(16)7-18)10-4-14-13(17-3)15-5-10/h4-6,9,12H,7-8H2,1-3H3. The quantitative estimate of drug-likeness (QED) is 0.785. The Hall–Kier alpha value is -0.990. The van der Waals surface area contributed by atoms with Gasteiger partial charge in [0, 0.05) is 36.3 Å². The van der Waals surface area contributed by atoms with E-state index in [2.05, 4.69) is 34.5 Å². The van der Waals surface area contributed by atoms with E-state index in [1.165, 1.54) is 18.0 Å². The topological polar surface area (TPSA) is 38.2 Å². The molecule has 5 heteroatoms. The minimum Gasteiger partial charge on any atom is -0.467 e. The third-order valence-electron chi connectivity index (χ3n) is 3.64. The molecule has 2 unspecified atom stereocenters. The molecule has 18 heavy (non-hydrogen) atoms. The molecule has 1 aromatic heterocycles. The second-order valence-electron chi connectivity index (χ2n) is 5.08. The summed E-state index contributed by atoms with van der Waals surface area (Å²) in [6.07, 6.45) is 6.34. The molecule has 2 atom stereocenters. The summed E-state index contributed by atoms with van der Waals surface area (Å²) >= 11 is 0. The third-order valence-corrected chi connectivity index (χ3v) is 5.79. The number of hydrogen-bond acceptors (Lipinski definition) is 4. The van der Waals surface area contributed by atoms with E-state index >= 15 is 0 Å². The van der Waals surface area contributed by atoms with Gasteiger partial charge in [0.25, 0.3) is 0 Å². The molecule has 0 N–H and O–H groups in total. The summed E-state index contributed by atoms with van der Waals surface area (Å²) in [5.41, 5.74) is 2.57. The van der Waals surface area contributed by atoms with Gasteiger partial charge in [0.2, 0.25) is 0 Å². The summed E-state index contributed by atoms with van der Waals surface area (Å²) in [6, 6.07) is 1.63. The Morgan fingerprint density at radius 3 is 2.67 bits per heavy atom. The SMILES string of the molecule is COc1ncc(C2=CP3CC2N(C(C)C)C3)cn1. The summed E-state index contributed by atoms with van der Waals surface area (Å²) < 4.78 is 5.01. The summed E-state index contributed by atoms with van der Waals surface area (Å²) in [7, 11) is 1.66. The van der Waals surface area contributed by atoms with Crippen LogP contribution in [0.1, 0.15) is 19.4 Å². The van der Waals surface area contributed by atoms with Gasteiger partial charge in [0.15, 0.2) is 0 Å². The highest BCUT2D eigenvalue weighted by Gasteiger charge is 2.40. The zero-order valence-electron chi connectivity index (χ0n) is 11.0. The van der Waals surface area contributed by atoms with Crippen LogP contribution < -0.4 is 4.74 Å². The van der Waals surface area contributed by atoms with E-state index in [0.29, 0.717) is 18.1 Å². The Morgan fingerprint density at radius 1 is 1.39 bits per heavy atom. The van der Waals surface area contributed by atoms with Crippen LogP contribution in [0.25, 0.3) is 5.57 Å². The van der Waals surface area contributed by atoms with Gasteiger partial charge in [-0.15, -0.1) is 0 Å². The van der Waals surface area contributed by atoms with E-state index in [-0.39, 0.29) is 7.92 Å². The number of methoxy groups -OCH3 is 1. The maximum Gasteiger partial charge on any atom is 0.316 e. The van der Waals surface area contributed by atoms with Gasteiger partial charge in [-0.05, 0) is 25.6 Å². The van der Waals surface area contributed by atoms with Crippen molar-refractivity contribution in [1.29, 1.82) is 0 Å². The van der Waals surface area contributed by atoms with Gasteiger partial charge in [-0.1, -0.05) is 13.7 Å². The molecular formula is C13H18N3OP. The lowest BCUT2D eigenvalue weighted by Gasteiger charge is -2.31. The molecular weight excluding hydrogens is 245 g/mol. The molecule has 0 saturated carbocycles. The monoisotopic (exact) mass is 263 g/mol. The third kappa shape index (κ3) is 1.94. The summed E-state index contributed by atoms with van der Waals surface area (Å²) in [4.78, 5) is 11.0. The number of aromatic nitrogens is 2. The fourth-order valence-corrected chi connectivity index (χ4v) is 5.52. The zero-order valence-corrected chi connectivity index (χ0v) is 11.9. The molecule has 1 aromatic rings. The van der Waals surface area contributed by atoms with Crippen molar-refractivity contribution in [2.45, 2.75) is 25.9 Å². The minimum absolute atomic E-state index is 0.0623. The second-order valence-corrected chi connectivity index (χ2v) is 7.16. The van der Waals surface area contributed by atoms with E-state index < -0.39 is 0 Å². The van der Waals surface area contributed by atoms with Crippen LogP contribution in [0.4, 0.5) is 0 Å². The lowest BCUT2D eigenvalue weighted by atomic mass is 10.0. The van der Waals surface area contributed by atoms with Crippen LogP contribution in [0.5, 0.6) is 6.01 Å². The Labute approximate surface area is 109 Å². The van der Waals surface area contributed by atoms with E-state index in [1.807, 2.05) is 12.4 Å². The Balaban J connectivity index is 1.87. The molecule has 0 aromatic carbocycles. The summed E-state index contributed by atoms with van der Waals surface area (Å²) in [5, 5.41) is 0. The fourth-order valence-electron chi connectivity index (χ4n) is 2.71. The summed E-state index contributed by atoms with van der Waals surface area (Å²) in [6.45, 7) is 4.55. The van der Waals surface area contributed by atoms with Crippen LogP contribution in [0.2, 0.25) is 0 Å². The Bertz CT molecular complexity index is 472. The molecule has 0 aliphatic carbocycles. The average molecular weight is 263 g/mol. The van der Waals surface area contributed by atoms with Gasteiger partial charge in [-0.25, -0.2) is 9.97 Å². The van der Waals surface area contributed by atoms with Crippen molar-refractivity contribution in [3.63, 3.8) is 0 Å². The predicted octanol–water partition coefficient (Wildman–Crippen LogP) is 2.37. The van der Waals surface area contributed by atoms with Crippen LogP contribution in [0.3, 0.4) is 0 Å². The Morgan fingerprint density at radius 2 is 2.11 bits per heavy atom.